The fourth-order valence-electron chi connectivity index (χ4n) is 3.00. The Labute approximate surface area is 182 Å². The number of aryl methyl sites for hydroxylation is 1. The second-order valence-corrected chi connectivity index (χ2v) is 7.22. The van der Waals surface area contributed by atoms with Gasteiger partial charge in [-0.25, -0.2) is 0 Å². The van der Waals surface area contributed by atoms with E-state index in [0.29, 0.717) is 29.4 Å². The molecule has 0 aromatic heterocycles. The van der Waals surface area contributed by atoms with Crippen molar-refractivity contribution in [2.24, 2.45) is 0 Å². The first kappa shape index (κ1) is 21.9. The van der Waals surface area contributed by atoms with Crippen LogP contribution < -0.4 is 14.8 Å². The number of anilines is 1. The van der Waals surface area contributed by atoms with Crippen molar-refractivity contribution >= 4 is 17.5 Å². The lowest BCUT2D eigenvalue weighted by atomic mass is 10.1. The number of benzene rings is 3. The molecule has 0 saturated heterocycles. The van der Waals surface area contributed by atoms with Crippen LogP contribution in [0.3, 0.4) is 0 Å². The van der Waals surface area contributed by atoms with E-state index in [0.717, 1.165) is 11.1 Å². The lowest BCUT2D eigenvalue weighted by Crippen LogP contribution is -2.34. The Bertz CT molecular complexity index is 1030. The maximum absolute atomic E-state index is 12.8. The van der Waals surface area contributed by atoms with Crippen molar-refractivity contribution in [2.75, 3.05) is 26.0 Å². The first-order chi connectivity index (χ1) is 15.0. The monoisotopic (exact) mass is 418 g/mol. The van der Waals surface area contributed by atoms with E-state index >= 15 is 0 Å². The molecule has 3 aromatic carbocycles. The van der Waals surface area contributed by atoms with Gasteiger partial charge in [0.2, 0.25) is 5.91 Å². The van der Waals surface area contributed by atoms with Gasteiger partial charge in [-0.3, -0.25) is 9.59 Å². The molecule has 0 radical (unpaired) electrons. The van der Waals surface area contributed by atoms with Crippen molar-refractivity contribution in [3.8, 4) is 11.5 Å². The van der Waals surface area contributed by atoms with Crippen molar-refractivity contribution in [1.29, 1.82) is 0 Å². The summed E-state index contributed by atoms with van der Waals surface area (Å²) in [6.45, 7) is 2.30. The molecule has 0 atom stereocenters. The maximum atomic E-state index is 12.8. The molecule has 0 aliphatic rings. The van der Waals surface area contributed by atoms with Crippen molar-refractivity contribution in [3.05, 3.63) is 89.5 Å². The third-order valence-corrected chi connectivity index (χ3v) is 4.71. The Kier molecular flexibility index (Phi) is 7.27. The van der Waals surface area contributed by atoms with Crippen LogP contribution in [0.25, 0.3) is 0 Å². The number of carbonyl (C=O) groups is 2. The van der Waals surface area contributed by atoms with E-state index in [9.17, 15) is 9.59 Å². The van der Waals surface area contributed by atoms with Crippen LogP contribution in [-0.2, 0) is 11.4 Å². The van der Waals surface area contributed by atoms with Gasteiger partial charge in [0.05, 0.1) is 13.7 Å². The minimum Gasteiger partial charge on any atom is -0.493 e. The van der Waals surface area contributed by atoms with Crippen LogP contribution in [0, 0.1) is 6.92 Å². The van der Waals surface area contributed by atoms with E-state index < -0.39 is 0 Å². The van der Waals surface area contributed by atoms with Crippen molar-refractivity contribution in [3.63, 3.8) is 0 Å². The molecule has 0 aliphatic carbocycles. The molecule has 0 unspecified atom stereocenters. The topological polar surface area (TPSA) is 67.9 Å². The number of hydrogen-bond acceptors (Lipinski definition) is 4. The molecule has 0 bridgehead atoms. The Morgan fingerprint density at radius 1 is 0.935 bits per heavy atom. The lowest BCUT2D eigenvalue weighted by molar-refractivity contribution is -0.116. The average Bonchev–Trinajstić information content (AvgIpc) is 2.79. The normalized spacial score (nSPS) is 10.3. The van der Waals surface area contributed by atoms with Crippen molar-refractivity contribution in [1.82, 2.24) is 4.90 Å². The molecule has 0 saturated carbocycles. The van der Waals surface area contributed by atoms with Gasteiger partial charge in [0.15, 0.2) is 11.5 Å². The maximum Gasteiger partial charge on any atom is 0.254 e. The zero-order chi connectivity index (χ0) is 22.2. The van der Waals surface area contributed by atoms with Crippen LogP contribution in [0.5, 0.6) is 11.5 Å². The Balaban J connectivity index is 1.61. The van der Waals surface area contributed by atoms with Crippen molar-refractivity contribution < 1.29 is 19.1 Å². The molecule has 160 valence electrons. The molecule has 3 aromatic rings. The number of methoxy groups -OCH3 is 1. The number of carbonyl (C=O) groups excluding carboxylic acids is 2. The number of likely N-dealkylation sites (N-methyl/N-ethyl adjacent to an activating group) is 1. The number of ether oxygens (including phenoxy) is 2. The predicted molar refractivity (Wildman–Crippen MR) is 121 cm³/mol. The fourth-order valence-corrected chi connectivity index (χ4v) is 3.00. The highest BCUT2D eigenvalue weighted by atomic mass is 16.5. The van der Waals surface area contributed by atoms with Gasteiger partial charge in [0, 0.05) is 18.3 Å². The largest absolute Gasteiger partial charge is 0.493 e. The highest BCUT2D eigenvalue weighted by Crippen LogP contribution is 2.29. The SMILES string of the molecule is COc1cc(C(=O)N(C)CC(=O)Nc2ccc(C)cc2)ccc1OCc1ccccc1. The van der Waals surface area contributed by atoms with Gasteiger partial charge >= 0.3 is 0 Å². The number of hydrogen-bond donors (Lipinski definition) is 1. The molecule has 3 rings (SSSR count). The molecule has 2 amide bonds. The summed E-state index contributed by atoms with van der Waals surface area (Å²) < 4.78 is 11.2. The second kappa shape index (κ2) is 10.3. The standard InChI is InChI=1S/C25H26N2O4/c1-18-9-12-21(13-10-18)26-24(28)16-27(2)25(29)20-11-14-22(23(15-20)30-3)31-17-19-7-5-4-6-8-19/h4-15H,16-17H2,1-3H3,(H,26,28). The summed E-state index contributed by atoms with van der Waals surface area (Å²) in [6.07, 6.45) is 0. The molecule has 0 aliphatic heterocycles. The summed E-state index contributed by atoms with van der Waals surface area (Å²) in [5.41, 5.74) is 3.24. The minimum atomic E-state index is -0.285. The van der Waals surface area contributed by atoms with Gasteiger partial charge < -0.3 is 19.7 Å². The van der Waals surface area contributed by atoms with Gasteiger partial charge in [-0.15, -0.1) is 0 Å². The average molecular weight is 418 g/mol. The molecule has 1 N–H and O–H groups in total. The second-order valence-electron chi connectivity index (χ2n) is 7.22. The van der Waals surface area contributed by atoms with Crippen LogP contribution >= 0.6 is 0 Å². The molecule has 31 heavy (non-hydrogen) atoms. The van der Waals surface area contributed by atoms with E-state index in [-0.39, 0.29) is 18.4 Å². The van der Waals surface area contributed by atoms with Crippen LogP contribution in [0.1, 0.15) is 21.5 Å². The Hall–Kier alpha value is -3.80. The summed E-state index contributed by atoms with van der Waals surface area (Å²) in [5.74, 6) is 0.448. The van der Waals surface area contributed by atoms with E-state index in [2.05, 4.69) is 5.32 Å². The molecule has 6 nitrogen and oxygen atoms in total. The van der Waals surface area contributed by atoms with Crippen LogP contribution in [0.4, 0.5) is 5.69 Å². The molecule has 0 fully saturated rings. The zero-order valence-electron chi connectivity index (χ0n) is 17.9. The Morgan fingerprint density at radius 2 is 1.65 bits per heavy atom. The van der Waals surface area contributed by atoms with Gasteiger partial charge in [-0.05, 0) is 42.8 Å². The summed E-state index contributed by atoms with van der Waals surface area (Å²) in [7, 11) is 3.11. The minimum absolute atomic E-state index is 0.0682. The van der Waals surface area contributed by atoms with Gasteiger partial charge in [-0.1, -0.05) is 48.0 Å². The number of nitrogens with one attached hydrogen (secondary N) is 1. The molecule has 0 heterocycles. The molecule has 6 heteroatoms. The quantitative estimate of drug-likeness (QED) is 0.593. The fraction of sp³-hybridized carbons (Fsp3) is 0.200. The third-order valence-electron chi connectivity index (χ3n) is 4.71. The van der Waals surface area contributed by atoms with Gasteiger partial charge in [-0.2, -0.15) is 0 Å². The molecular formula is C25H26N2O4. The van der Waals surface area contributed by atoms with Gasteiger partial charge in [0.1, 0.15) is 6.61 Å². The third kappa shape index (κ3) is 6.09. The van der Waals surface area contributed by atoms with Crippen LogP contribution in [-0.4, -0.2) is 37.4 Å². The van der Waals surface area contributed by atoms with E-state index in [1.165, 1.54) is 12.0 Å². The lowest BCUT2D eigenvalue weighted by Gasteiger charge is -2.18. The van der Waals surface area contributed by atoms with E-state index in [1.807, 2.05) is 61.5 Å². The predicted octanol–water partition coefficient (Wildman–Crippen LogP) is 4.29. The number of nitrogens with zero attached hydrogens (tertiary/aromatic N) is 1. The highest BCUT2D eigenvalue weighted by Gasteiger charge is 2.17. The first-order valence-corrected chi connectivity index (χ1v) is 9.93. The van der Waals surface area contributed by atoms with E-state index in [4.69, 9.17) is 9.47 Å². The van der Waals surface area contributed by atoms with Crippen LogP contribution in [0.2, 0.25) is 0 Å². The van der Waals surface area contributed by atoms with Crippen molar-refractivity contribution in [2.45, 2.75) is 13.5 Å². The summed E-state index contributed by atoms with van der Waals surface area (Å²) in [4.78, 5) is 26.4. The number of amides is 2. The zero-order valence-corrected chi connectivity index (χ0v) is 17.9. The Morgan fingerprint density at radius 3 is 2.32 bits per heavy atom. The molecule has 0 spiro atoms. The van der Waals surface area contributed by atoms with Gasteiger partial charge in [0.25, 0.3) is 5.91 Å². The molecular weight excluding hydrogens is 392 g/mol. The summed E-state index contributed by atoms with van der Waals surface area (Å²) in [5, 5.41) is 2.79. The smallest absolute Gasteiger partial charge is 0.254 e. The first-order valence-electron chi connectivity index (χ1n) is 9.93. The summed E-state index contributed by atoms with van der Waals surface area (Å²) in [6, 6.07) is 22.3. The van der Waals surface area contributed by atoms with E-state index in [1.54, 1.807) is 25.2 Å². The summed E-state index contributed by atoms with van der Waals surface area (Å²) >= 11 is 0. The number of rotatable bonds is 8. The highest BCUT2D eigenvalue weighted by molar-refractivity contribution is 5.99. The van der Waals surface area contributed by atoms with Crippen LogP contribution in [0.15, 0.2) is 72.8 Å².